The first-order valence-corrected chi connectivity index (χ1v) is 10.7. The van der Waals surface area contributed by atoms with Crippen molar-refractivity contribution in [1.29, 1.82) is 0 Å². The van der Waals surface area contributed by atoms with E-state index in [1.807, 2.05) is 86.5 Å². The van der Waals surface area contributed by atoms with Crippen molar-refractivity contribution in [2.24, 2.45) is 0 Å². The van der Waals surface area contributed by atoms with Crippen LogP contribution in [0.2, 0.25) is 0 Å². The summed E-state index contributed by atoms with van der Waals surface area (Å²) in [6.45, 7) is 0. The fraction of sp³-hybridized carbons (Fsp3) is 0.217. The minimum atomic E-state index is -4.35. The second-order valence-electron chi connectivity index (χ2n) is 7.42. The van der Waals surface area contributed by atoms with Crippen LogP contribution in [0.5, 0.6) is 0 Å². The Morgan fingerprint density at radius 1 is 0.700 bits per heavy atom. The van der Waals surface area contributed by atoms with E-state index in [0.717, 1.165) is 22.5 Å². The van der Waals surface area contributed by atoms with Crippen LogP contribution in [-0.2, 0) is 10.1 Å². The third-order valence-corrected chi connectivity index (χ3v) is 5.92. The van der Waals surface area contributed by atoms with E-state index in [-0.39, 0.29) is 40.4 Å². The molecule has 7 heteroatoms. The Morgan fingerprint density at radius 2 is 1.10 bits per heavy atom. The van der Waals surface area contributed by atoms with Gasteiger partial charge in [-0.15, -0.1) is 0 Å². The second-order valence-corrected chi connectivity index (χ2v) is 8.81. The van der Waals surface area contributed by atoms with Crippen LogP contribution in [0.3, 0.4) is 0 Å². The van der Waals surface area contributed by atoms with E-state index in [4.69, 9.17) is 0 Å². The molecule has 0 bridgehead atoms. The number of rotatable bonds is 6. The summed E-state index contributed by atoms with van der Waals surface area (Å²) in [7, 11) is 3.54. The average molecular weight is 434 g/mol. The van der Waals surface area contributed by atoms with Gasteiger partial charge in [0.05, 0.1) is 4.90 Å². The SMILES string of the molecule is CN(C)c1ccc(C(c2ccc(N(C)C)cc2)c2ccccc2S(=O)(=O)O)cc1.[Na]. The van der Waals surface area contributed by atoms with Gasteiger partial charge in [-0.05, 0) is 47.0 Å². The third-order valence-electron chi connectivity index (χ3n) is 4.99. The Bertz CT molecular complexity index is 1030. The van der Waals surface area contributed by atoms with E-state index in [0.29, 0.717) is 5.56 Å². The third kappa shape index (κ3) is 5.45. The predicted octanol–water partition coefficient (Wildman–Crippen LogP) is 3.86. The van der Waals surface area contributed by atoms with Crippen LogP contribution in [0.25, 0.3) is 0 Å². The molecular formula is C23H26N2NaO3S. The molecule has 1 N–H and O–H groups in total. The quantitative estimate of drug-likeness (QED) is 0.363. The molecule has 0 saturated heterocycles. The van der Waals surface area contributed by atoms with E-state index >= 15 is 0 Å². The Hall–Kier alpha value is -1.83. The molecule has 0 aliphatic carbocycles. The van der Waals surface area contributed by atoms with Crippen molar-refractivity contribution in [2.75, 3.05) is 38.0 Å². The molecule has 0 aromatic heterocycles. The molecule has 1 radical (unpaired) electrons. The van der Waals surface area contributed by atoms with Gasteiger partial charge in [-0.2, -0.15) is 8.42 Å². The predicted molar refractivity (Wildman–Crippen MR) is 124 cm³/mol. The van der Waals surface area contributed by atoms with Crippen molar-refractivity contribution in [3.63, 3.8) is 0 Å². The molecule has 5 nitrogen and oxygen atoms in total. The molecule has 0 fully saturated rings. The molecule has 0 aliphatic rings. The smallest absolute Gasteiger partial charge is 0.294 e. The molecular weight excluding hydrogens is 407 g/mol. The normalized spacial score (nSPS) is 11.1. The summed E-state index contributed by atoms with van der Waals surface area (Å²) in [6.07, 6.45) is 0. The van der Waals surface area contributed by atoms with Crippen LogP contribution in [0.1, 0.15) is 22.6 Å². The number of nitrogens with zero attached hydrogens (tertiary/aromatic N) is 2. The largest absolute Gasteiger partial charge is 0.378 e. The Balaban J connectivity index is 0.00000320. The Kier molecular flexibility index (Phi) is 8.13. The number of benzene rings is 3. The van der Waals surface area contributed by atoms with Crippen molar-refractivity contribution in [3.05, 3.63) is 89.5 Å². The fourth-order valence-corrected chi connectivity index (χ4v) is 4.17. The zero-order chi connectivity index (χ0) is 21.2. The van der Waals surface area contributed by atoms with E-state index in [1.54, 1.807) is 18.2 Å². The molecule has 0 unspecified atom stereocenters. The van der Waals surface area contributed by atoms with Gasteiger partial charge in [0.2, 0.25) is 0 Å². The van der Waals surface area contributed by atoms with Crippen molar-refractivity contribution in [3.8, 4) is 0 Å². The first-order valence-electron chi connectivity index (χ1n) is 9.29. The van der Waals surface area contributed by atoms with Crippen LogP contribution in [0.4, 0.5) is 11.4 Å². The number of hydrogen-bond donors (Lipinski definition) is 1. The molecule has 0 amide bonds. The van der Waals surface area contributed by atoms with Crippen LogP contribution < -0.4 is 9.80 Å². The fourth-order valence-electron chi connectivity index (χ4n) is 3.44. The van der Waals surface area contributed by atoms with E-state index in [1.165, 1.54) is 6.07 Å². The zero-order valence-corrected chi connectivity index (χ0v) is 20.9. The first-order chi connectivity index (χ1) is 13.7. The van der Waals surface area contributed by atoms with Gasteiger partial charge in [-0.25, -0.2) is 0 Å². The summed E-state index contributed by atoms with van der Waals surface area (Å²) >= 11 is 0. The van der Waals surface area contributed by atoms with E-state index < -0.39 is 10.1 Å². The van der Waals surface area contributed by atoms with Gasteiger partial charge in [-0.3, -0.25) is 4.55 Å². The van der Waals surface area contributed by atoms with E-state index in [9.17, 15) is 13.0 Å². The van der Waals surface area contributed by atoms with Gasteiger partial charge in [0, 0.05) is 75.0 Å². The molecule has 3 aromatic rings. The maximum atomic E-state index is 12.0. The van der Waals surface area contributed by atoms with Gasteiger partial charge in [0.25, 0.3) is 10.1 Å². The maximum absolute atomic E-state index is 12.0. The molecule has 0 atom stereocenters. The second kappa shape index (κ2) is 9.98. The maximum Gasteiger partial charge on any atom is 0.294 e. The van der Waals surface area contributed by atoms with Gasteiger partial charge in [-0.1, -0.05) is 42.5 Å². The molecule has 3 aromatic carbocycles. The summed E-state index contributed by atoms with van der Waals surface area (Å²) in [4.78, 5) is 3.95. The van der Waals surface area contributed by atoms with Crippen molar-refractivity contribution >= 4 is 51.1 Å². The summed E-state index contributed by atoms with van der Waals surface area (Å²) in [5.41, 5.74) is 4.55. The standard InChI is InChI=1S/C23H26N2O3S.Na/c1-24(2)19-13-9-17(10-14-19)23(18-11-15-20(16-12-18)25(3)4)21-7-5-6-8-22(21)29(26,27)28;/h5-16,23H,1-4H3,(H,26,27,28);. The Morgan fingerprint density at radius 3 is 1.47 bits per heavy atom. The van der Waals surface area contributed by atoms with Gasteiger partial charge >= 0.3 is 0 Å². The molecule has 3 rings (SSSR count). The monoisotopic (exact) mass is 433 g/mol. The molecule has 0 spiro atoms. The molecule has 0 heterocycles. The minimum Gasteiger partial charge on any atom is -0.378 e. The summed E-state index contributed by atoms with van der Waals surface area (Å²) in [5, 5.41) is 0. The minimum absolute atomic E-state index is 0. The van der Waals surface area contributed by atoms with Gasteiger partial charge < -0.3 is 9.80 Å². The van der Waals surface area contributed by atoms with Crippen molar-refractivity contribution < 1.29 is 13.0 Å². The van der Waals surface area contributed by atoms with Crippen LogP contribution >= 0.6 is 0 Å². The van der Waals surface area contributed by atoms with Crippen molar-refractivity contribution in [2.45, 2.75) is 10.8 Å². The molecule has 0 aliphatic heterocycles. The molecule has 30 heavy (non-hydrogen) atoms. The van der Waals surface area contributed by atoms with Gasteiger partial charge in [0.15, 0.2) is 0 Å². The van der Waals surface area contributed by atoms with Crippen LogP contribution in [0, 0.1) is 0 Å². The number of hydrogen-bond acceptors (Lipinski definition) is 4. The van der Waals surface area contributed by atoms with Crippen LogP contribution in [-0.4, -0.2) is 70.7 Å². The molecule has 153 valence electrons. The van der Waals surface area contributed by atoms with Gasteiger partial charge in [0.1, 0.15) is 0 Å². The summed E-state index contributed by atoms with van der Waals surface area (Å²) < 4.78 is 33.9. The first kappa shape index (κ1) is 24.4. The van der Waals surface area contributed by atoms with E-state index in [2.05, 4.69) is 0 Å². The molecule has 0 saturated carbocycles. The number of anilines is 2. The van der Waals surface area contributed by atoms with Crippen LogP contribution in [0.15, 0.2) is 77.7 Å². The summed E-state index contributed by atoms with van der Waals surface area (Å²) in [6, 6.07) is 22.6. The topological polar surface area (TPSA) is 60.9 Å². The Labute approximate surface area is 201 Å². The summed E-state index contributed by atoms with van der Waals surface area (Å²) in [5.74, 6) is -0.333. The van der Waals surface area contributed by atoms with Crippen molar-refractivity contribution in [1.82, 2.24) is 0 Å². The zero-order valence-electron chi connectivity index (χ0n) is 18.1. The average Bonchev–Trinajstić information content (AvgIpc) is 2.68.